The molecule has 0 aliphatic rings. The zero-order valence-corrected chi connectivity index (χ0v) is 21.2. The Morgan fingerprint density at radius 3 is 2.74 bits per heavy atom. The molecule has 0 fully saturated rings. The van der Waals surface area contributed by atoms with Gasteiger partial charge in [0.1, 0.15) is 17.0 Å². The third kappa shape index (κ3) is 3.96. The largest absolute Gasteiger partial charge is 0.455 e. The van der Waals surface area contributed by atoms with Crippen LogP contribution in [0.4, 0.5) is 5.69 Å². The Balaban J connectivity index is 1.48. The summed E-state index contributed by atoms with van der Waals surface area (Å²) in [7, 11) is 1.87. The van der Waals surface area contributed by atoms with E-state index in [4.69, 9.17) is 4.42 Å². The number of nitrogens with one attached hydrogen (secondary N) is 2. The van der Waals surface area contributed by atoms with Crippen molar-refractivity contribution < 1.29 is 8.94 Å². The van der Waals surface area contributed by atoms with Crippen LogP contribution in [0, 0.1) is 13.8 Å². The van der Waals surface area contributed by atoms with Crippen LogP contribution in [0.1, 0.15) is 29.7 Å². The Morgan fingerprint density at radius 2 is 1.95 bits per heavy atom. The topological polar surface area (TPSA) is 132 Å². The maximum atomic E-state index is 13.6. The van der Waals surface area contributed by atoms with Crippen LogP contribution in [0.15, 0.2) is 73.4 Å². The molecule has 6 aromatic rings. The van der Waals surface area contributed by atoms with E-state index in [-0.39, 0.29) is 17.3 Å². The smallest absolute Gasteiger partial charge is 0.439 e. The van der Waals surface area contributed by atoms with Crippen molar-refractivity contribution in [2.45, 2.75) is 26.8 Å². The number of aromatic amines is 1. The first-order chi connectivity index (χ1) is 18.3. The molecule has 2 aromatic carbocycles. The van der Waals surface area contributed by atoms with Crippen molar-refractivity contribution in [3.8, 4) is 22.8 Å². The summed E-state index contributed by atoms with van der Waals surface area (Å²) in [5.41, 5.74) is 5.46. The first-order valence-corrected chi connectivity index (χ1v) is 12.1. The summed E-state index contributed by atoms with van der Waals surface area (Å²) in [5, 5.41) is 13.1. The summed E-state index contributed by atoms with van der Waals surface area (Å²) in [4.78, 5) is 32.0. The second kappa shape index (κ2) is 8.84. The molecule has 10 heteroatoms. The Kier molecular flexibility index (Phi) is 5.45. The molecule has 4 aromatic heterocycles. The highest BCUT2D eigenvalue weighted by Crippen LogP contribution is 2.34. The van der Waals surface area contributed by atoms with E-state index in [1.807, 2.05) is 63.5 Å². The van der Waals surface area contributed by atoms with Gasteiger partial charge >= 0.3 is 5.76 Å². The van der Waals surface area contributed by atoms with Gasteiger partial charge in [0.2, 0.25) is 5.82 Å². The van der Waals surface area contributed by atoms with Gasteiger partial charge in [-0.2, -0.15) is 5.10 Å². The molecule has 0 bridgehead atoms. The molecule has 190 valence electrons. The van der Waals surface area contributed by atoms with Crippen LogP contribution in [-0.4, -0.2) is 24.9 Å². The van der Waals surface area contributed by atoms with E-state index in [2.05, 4.69) is 30.1 Å². The number of fused-ring (bicyclic) bond motifs is 2. The lowest BCUT2D eigenvalue weighted by Crippen LogP contribution is -2.13. The summed E-state index contributed by atoms with van der Waals surface area (Å²) in [6.45, 7) is 5.71. The molecule has 0 spiro atoms. The number of H-pyrrole nitrogens is 1. The second-order valence-corrected chi connectivity index (χ2v) is 9.40. The molecule has 0 saturated carbocycles. The fourth-order valence-electron chi connectivity index (χ4n) is 4.81. The molecular weight excluding hydrogens is 484 g/mol. The summed E-state index contributed by atoms with van der Waals surface area (Å²) < 4.78 is 12.9. The lowest BCUT2D eigenvalue weighted by Gasteiger charge is -2.19. The normalized spacial score (nSPS) is 12.3. The summed E-state index contributed by atoms with van der Waals surface area (Å²) in [5.74, 6) is 0.0749. The van der Waals surface area contributed by atoms with Gasteiger partial charge in [-0.3, -0.25) is 24.0 Å². The average molecular weight is 509 g/mol. The van der Waals surface area contributed by atoms with Crippen LogP contribution in [0.25, 0.3) is 44.7 Å². The molecular formula is C28H24N6O4. The second-order valence-electron chi connectivity index (χ2n) is 9.40. The summed E-state index contributed by atoms with van der Waals surface area (Å²) in [6, 6.07) is 13.0. The molecule has 0 amide bonds. The van der Waals surface area contributed by atoms with E-state index < -0.39 is 5.76 Å². The number of benzene rings is 2. The highest BCUT2D eigenvalue weighted by atomic mass is 16.5. The molecule has 10 nitrogen and oxygen atoms in total. The standard InChI is InChI=1S/C28H24N6O4/c1-14-10-19(16(3)30-22-6-5-9-29-23(22)27-31-28(36)38-33-27)26-20(11-14)24(35)15(2)25(37-26)17-7-8-21-18(12-17)13-34(4)32-21/h5-13,16,30H,1-4H3,(H,31,33,36)/t16-/m1/s1. The predicted octanol–water partition coefficient (Wildman–Crippen LogP) is 4.87. The van der Waals surface area contributed by atoms with Gasteiger partial charge in [-0.05, 0) is 62.7 Å². The van der Waals surface area contributed by atoms with Crippen LogP contribution in [0.5, 0.6) is 0 Å². The Morgan fingerprint density at radius 1 is 1.11 bits per heavy atom. The minimum atomic E-state index is -0.663. The van der Waals surface area contributed by atoms with Gasteiger partial charge in [0, 0.05) is 41.5 Å². The van der Waals surface area contributed by atoms with Gasteiger partial charge in [0.05, 0.1) is 22.6 Å². The van der Waals surface area contributed by atoms with E-state index in [0.717, 1.165) is 27.6 Å². The van der Waals surface area contributed by atoms with E-state index in [1.165, 1.54) is 0 Å². The lowest BCUT2D eigenvalue weighted by molar-refractivity contribution is 0.388. The van der Waals surface area contributed by atoms with E-state index in [1.54, 1.807) is 23.9 Å². The van der Waals surface area contributed by atoms with Crippen molar-refractivity contribution in [3.05, 3.63) is 92.3 Å². The molecule has 1 atom stereocenters. The first-order valence-electron chi connectivity index (χ1n) is 12.1. The monoisotopic (exact) mass is 508 g/mol. The van der Waals surface area contributed by atoms with E-state index >= 15 is 0 Å². The van der Waals surface area contributed by atoms with Gasteiger partial charge < -0.3 is 9.73 Å². The van der Waals surface area contributed by atoms with Gasteiger partial charge in [-0.25, -0.2) is 4.79 Å². The van der Waals surface area contributed by atoms with E-state index in [9.17, 15) is 9.59 Å². The number of anilines is 1. The third-order valence-corrected chi connectivity index (χ3v) is 6.58. The van der Waals surface area contributed by atoms with Crippen molar-refractivity contribution in [3.63, 3.8) is 0 Å². The van der Waals surface area contributed by atoms with Crippen molar-refractivity contribution in [2.75, 3.05) is 5.32 Å². The highest BCUT2D eigenvalue weighted by Gasteiger charge is 2.21. The van der Waals surface area contributed by atoms with Gasteiger partial charge in [-0.1, -0.05) is 11.2 Å². The van der Waals surface area contributed by atoms with Gasteiger partial charge in [0.15, 0.2) is 5.43 Å². The number of nitrogens with zero attached hydrogens (tertiary/aromatic N) is 4. The van der Waals surface area contributed by atoms with E-state index in [0.29, 0.717) is 33.7 Å². The molecule has 2 N–H and O–H groups in total. The van der Waals surface area contributed by atoms with Crippen molar-refractivity contribution >= 4 is 27.6 Å². The quantitative estimate of drug-likeness (QED) is 0.337. The van der Waals surface area contributed by atoms with Crippen LogP contribution in [0.2, 0.25) is 0 Å². The maximum Gasteiger partial charge on any atom is 0.439 e. The van der Waals surface area contributed by atoms with Crippen LogP contribution in [0.3, 0.4) is 0 Å². The molecule has 0 aliphatic heterocycles. The third-order valence-electron chi connectivity index (χ3n) is 6.58. The van der Waals surface area contributed by atoms with Crippen molar-refractivity contribution in [1.29, 1.82) is 0 Å². The van der Waals surface area contributed by atoms with Gasteiger partial charge in [-0.15, -0.1) is 0 Å². The molecule has 0 saturated heterocycles. The molecule has 4 heterocycles. The summed E-state index contributed by atoms with van der Waals surface area (Å²) >= 11 is 0. The van der Waals surface area contributed by atoms with Crippen LogP contribution >= 0.6 is 0 Å². The summed E-state index contributed by atoms with van der Waals surface area (Å²) in [6.07, 6.45) is 3.54. The lowest BCUT2D eigenvalue weighted by atomic mass is 9.98. The maximum absolute atomic E-state index is 13.6. The molecule has 38 heavy (non-hydrogen) atoms. The van der Waals surface area contributed by atoms with Gasteiger partial charge in [0.25, 0.3) is 0 Å². The number of rotatable bonds is 5. The van der Waals surface area contributed by atoms with Crippen LogP contribution < -0.4 is 16.5 Å². The average Bonchev–Trinajstić information content (AvgIpc) is 3.50. The number of aryl methyl sites for hydroxylation is 2. The molecule has 0 unspecified atom stereocenters. The zero-order valence-electron chi connectivity index (χ0n) is 21.2. The first kappa shape index (κ1) is 23.4. The Labute approximate surface area is 215 Å². The Bertz CT molecular complexity index is 1960. The van der Waals surface area contributed by atoms with Crippen molar-refractivity contribution in [2.24, 2.45) is 7.05 Å². The highest BCUT2D eigenvalue weighted by molar-refractivity contribution is 5.87. The van der Waals surface area contributed by atoms with Crippen molar-refractivity contribution in [1.82, 2.24) is 24.9 Å². The van der Waals surface area contributed by atoms with Crippen LogP contribution in [-0.2, 0) is 7.05 Å². The zero-order chi connectivity index (χ0) is 26.6. The Hall–Kier alpha value is -4.99. The fourth-order valence-corrected chi connectivity index (χ4v) is 4.81. The fraction of sp³-hybridized carbons (Fsp3) is 0.179. The molecule has 6 rings (SSSR count). The number of aromatic nitrogens is 5. The molecule has 0 radical (unpaired) electrons. The minimum Gasteiger partial charge on any atom is -0.455 e. The number of hydrogen-bond acceptors (Lipinski definition) is 8. The number of pyridine rings is 1. The molecule has 0 aliphatic carbocycles. The predicted molar refractivity (Wildman–Crippen MR) is 144 cm³/mol. The number of hydrogen-bond donors (Lipinski definition) is 2. The minimum absolute atomic E-state index is 0.0769. The SMILES string of the molecule is Cc1cc([C@@H](C)Nc2cccnc2-c2noc(=O)[nH]2)c2oc(-c3ccc4nn(C)cc4c3)c(C)c(=O)c2c1.